The standard InChI is InChI=1S/C13H19Br2N/c1-7(2)9(4)13(16)10-6-11(14)8(3)5-12(10)15/h5-7,9,13H,16H2,1-4H3. The Balaban J connectivity index is 3.08. The lowest BCUT2D eigenvalue weighted by Crippen LogP contribution is -2.23. The Morgan fingerprint density at radius 2 is 1.62 bits per heavy atom. The van der Waals surface area contributed by atoms with Crippen molar-refractivity contribution in [3.63, 3.8) is 0 Å². The van der Waals surface area contributed by atoms with Gasteiger partial charge < -0.3 is 5.73 Å². The van der Waals surface area contributed by atoms with Crippen molar-refractivity contribution in [2.24, 2.45) is 17.6 Å². The largest absolute Gasteiger partial charge is 0.324 e. The molecule has 0 aliphatic carbocycles. The minimum absolute atomic E-state index is 0.0753. The molecule has 0 aliphatic heterocycles. The summed E-state index contributed by atoms with van der Waals surface area (Å²) in [6.45, 7) is 8.70. The fraction of sp³-hybridized carbons (Fsp3) is 0.538. The molecule has 0 amide bonds. The van der Waals surface area contributed by atoms with Crippen molar-refractivity contribution in [1.29, 1.82) is 0 Å². The molecule has 0 heterocycles. The third kappa shape index (κ3) is 3.08. The lowest BCUT2D eigenvalue weighted by atomic mass is 9.86. The van der Waals surface area contributed by atoms with Crippen molar-refractivity contribution < 1.29 is 0 Å². The number of rotatable bonds is 3. The molecule has 0 spiro atoms. The molecule has 3 heteroatoms. The molecule has 16 heavy (non-hydrogen) atoms. The van der Waals surface area contributed by atoms with Gasteiger partial charge in [0.2, 0.25) is 0 Å². The summed E-state index contributed by atoms with van der Waals surface area (Å²) in [7, 11) is 0. The van der Waals surface area contributed by atoms with Gasteiger partial charge in [-0.05, 0) is 42.0 Å². The highest BCUT2D eigenvalue weighted by Gasteiger charge is 2.20. The summed E-state index contributed by atoms with van der Waals surface area (Å²) in [4.78, 5) is 0. The number of benzene rings is 1. The van der Waals surface area contributed by atoms with Gasteiger partial charge in [0, 0.05) is 15.0 Å². The predicted molar refractivity (Wildman–Crippen MR) is 77.5 cm³/mol. The SMILES string of the molecule is Cc1cc(Br)c(C(N)C(C)C(C)C)cc1Br. The first-order chi connectivity index (χ1) is 7.34. The van der Waals surface area contributed by atoms with Crippen LogP contribution < -0.4 is 5.73 Å². The van der Waals surface area contributed by atoms with Gasteiger partial charge in [-0.2, -0.15) is 0 Å². The maximum absolute atomic E-state index is 6.31. The van der Waals surface area contributed by atoms with Crippen molar-refractivity contribution in [2.75, 3.05) is 0 Å². The van der Waals surface area contributed by atoms with E-state index in [2.05, 4.69) is 71.7 Å². The van der Waals surface area contributed by atoms with Crippen LogP contribution in [0.3, 0.4) is 0 Å². The zero-order chi connectivity index (χ0) is 12.5. The van der Waals surface area contributed by atoms with Crippen LogP contribution in [0.2, 0.25) is 0 Å². The molecule has 1 nitrogen and oxygen atoms in total. The number of hydrogen-bond donors (Lipinski definition) is 1. The van der Waals surface area contributed by atoms with E-state index >= 15 is 0 Å². The lowest BCUT2D eigenvalue weighted by Gasteiger charge is -2.25. The minimum Gasteiger partial charge on any atom is -0.324 e. The number of aryl methyl sites for hydroxylation is 1. The topological polar surface area (TPSA) is 26.0 Å². The van der Waals surface area contributed by atoms with Crippen LogP contribution in [0.25, 0.3) is 0 Å². The Morgan fingerprint density at radius 3 is 2.12 bits per heavy atom. The molecule has 0 aromatic heterocycles. The summed E-state index contributed by atoms with van der Waals surface area (Å²) >= 11 is 7.16. The average molecular weight is 349 g/mol. The normalized spacial score (nSPS) is 15.2. The van der Waals surface area contributed by atoms with Crippen LogP contribution >= 0.6 is 31.9 Å². The zero-order valence-corrected chi connectivity index (χ0v) is 13.4. The Kier molecular flexibility index (Phi) is 5.02. The summed E-state index contributed by atoms with van der Waals surface area (Å²) in [5.41, 5.74) is 8.71. The maximum Gasteiger partial charge on any atom is 0.0334 e. The first kappa shape index (κ1) is 14.2. The fourth-order valence-corrected chi connectivity index (χ4v) is 2.70. The summed E-state index contributed by atoms with van der Waals surface area (Å²) in [6.07, 6.45) is 0. The van der Waals surface area contributed by atoms with Crippen molar-refractivity contribution in [3.05, 3.63) is 32.2 Å². The molecule has 0 bridgehead atoms. The first-order valence-corrected chi connectivity index (χ1v) is 7.14. The van der Waals surface area contributed by atoms with Gasteiger partial charge in [-0.1, -0.05) is 52.6 Å². The van der Waals surface area contributed by atoms with Crippen LogP contribution in [-0.2, 0) is 0 Å². The van der Waals surface area contributed by atoms with E-state index in [4.69, 9.17) is 5.73 Å². The molecular weight excluding hydrogens is 330 g/mol. The zero-order valence-electron chi connectivity index (χ0n) is 10.2. The van der Waals surface area contributed by atoms with E-state index in [1.807, 2.05) is 0 Å². The Morgan fingerprint density at radius 1 is 1.06 bits per heavy atom. The first-order valence-electron chi connectivity index (χ1n) is 5.55. The van der Waals surface area contributed by atoms with Crippen LogP contribution in [0.15, 0.2) is 21.1 Å². The predicted octanol–water partition coefficient (Wildman–Crippen LogP) is 4.81. The fourth-order valence-electron chi connectivity index (χ4n) is 1.62. The Labute approximate surface area is 115 Å². The molecule has 0 saturated heterocycles. The van der Waals surface area contributed by atoms with E-state index < -0.39 is 0 Å². The monoisotopic (exact) mass is 347 g/mol. The smallest absolute Gasteiger partial charge is 0.0334 e. The van der Waals surface area contributed by atoms with Crippen molar-refractivity contribution in [2.45, 2.75) is 33.7 Å². The summed E-state index contributed by atoms with van der Waals surface area (Å²) in [6, 6.07) is 4.32. The van der Waals surface area contributed by atoms with Gasteiger partial charge in [0.25, 0.3) is 0 Å². The van der Waals surface area contributed by atoms with Gasteiger partial charge in [-0.15, -0.1) is 0 Å². The van der Waals surface area contributed by atoms with Gasteiger partial charge in [0.15, 0.2) is 0 Å². The maximum atomic E-state index is 6.31. The minimum atomic E-state index is 0.0753. The van der Waals surface area contributed by atoms with E-state index in [-0.39, 0.29) is 6.04 Å². The Bertz CT molecular complexity index is 374. The molecule has 1 aromatic rings. The second-order valence-corrected chi connectivity index (χ2v) is 6.46. The van der Waals surface area contributed by atoms with Crippen LogP contribution in [0, 0.1) is 18.8 Å². The van der Waals surface area contributed by atoms with Crippen LogP contribution in [-0.4, -0.2) is 0 Å². The van der Waals surface area contributed by atoms with E-state index in [9.17, 15) is 0 Å². The summed E-state index contributed by atoms with van der Waals surface area (Å²) in [5.74, 6) is 1.05. The van der Waals surface area contributed by atoms with Crippen molar-refractivity contribution >= 4 is 31.9 Å². The Hall–Kier alpha value is 0.140. The molecule has 0 fully saturated rings. The molecule has 1 aromatic carbocycles. The molecule has 0 radical (unpaired) electrons. The highest BCUT2D eigenvalue weighted by molar-refractivity contribution is 9.11. The number of halogens is 2. The molecule has 0 aliphatic rings. The quantitative estimate of drug-likeness (QED) is 0.833. The van der Waals surface area contributed by atoms with Crippen LogP contribution in [0.5, 0.6) is 0 Å². The van der Waals surface area contributed by atoms with Crippen LogP contribution in [0.1, 0.15) is 37.9 Å². The highest BCUT2D eigenvalue weighted by Crippen LogP contribution is 2.33. The summed E-state index contributed by atoms with van der Waals surface area (Å²) < 4.78 is 2.23. The van der Waals surface area contributed by atoms with Gasteiger partial charge in [0.05, 0.1) is 0 Å². The second-order valence-electron chi connectivity index (χ2n) is 4.75. The third-order valence-electron chi connectivity index (χ3n) is 3.26. The second kappa shape index (κ2) is 5.65. The molecule has 2 N–H and O–H groups in total. The molecular formula is C13H19Br2N. The van der Waals surface area contributed by atoms with Gasteiger partial charge >= 0.3 is 0 Å². The van der Waals surface area contributed by atoms with E-state index in [0.717, 1.165) is 8.95 Å². The van der Waals surface area contributed by atoms with Crippen molar-refractivity contribution in [3.8, 4) is 0 Å². The average Bonchev–Trinajstić information content (AvgIpc) is 2.21. The highest BCUT2D eigenvalue weighted by atomic mass is 79.9. The van der Waals surface area contributed by atoms with E-state index in [0.29, 0.717) is 11.8 Å². The van der Waals surface area contributed by atoms with E-state index in [1.54, 1.807) is 0 Å². The third-order valence-corrected chi connectivity index (χ3v) is 4.80. The van der Waals surface area contributed by atoms with Gasteiger partial charge in [0.1, 0.15) is 0 Å². The molecule has 2 atom stereocenters. The molecule has 1 rings (SSSR count). The van der Waals surface area contributed by atoms with Gasteiger partial charge in [-0.25, -0.2) is 0 Å². The van der Waals surface area contributed by atoms with E-state index in [1.165, 1.54) is 11.1 Å². The number of hydrogen-bond acceptors (Lipinski definition) is 1. The van der Waals surface area contributed by atoms with Crippen molar-refractivity contribution in [1.82, 2.24) is 0 Å². The van der Waals surface area contributed by atoms with Crippen LogP contribution in [0.4, 0.5) is 0 Å². The van der Waals surface area contributed by atoms with Gasteiger partial charge in [-0.3, -0.25) is 0 Å². The number of nitrogens with two attached hydrogens (primary N) is 1. The summed E-state index contributed by atoms with van der Waals surface area (Å²) in [5, 5.41) is 0. The molecule has 2 unspecified atom stereocenters. The lowest BCUT2D eigenvalue weighted by molar-refractivity contribution is 0.351. The molecule has 90 valence electrons. The molecule has 0 saturated carbocycles.